The van der Waals surface area contributed by atoms with E-state index in [0.29, 0.717) is 17.9 Å². The highest BCUT2D eigenvalue weighted by Gasteiger charge is 2.21. The minimum Gasteiger partial charge on any atom is -0.294 e. The maximum Gasteiger partial charge on any atom is 0.273 e. The summed E-state index contributed by atoms with van der Waals surface area (Å²) >= 11 is 0. The number of benzene rings is 1. The molecule has 0 unspecified atom stereocenters. The van der Waals surface area contributed by atoms with Gasteiger partial charge in [-0.2, -0.15) is 0 Å². The lowest BCUT2D eigenvalue weighted by molar-refractivity contribution is -0.385. The van der Waals surface area contributed by atoms with Gasteiger partial charge in [-0.3, -0.25) is 14.9 Å². The Hall–Kier alpha value is -2.15. The largest absolute Gasteiger partial charge is 0.294 e. The zero-order valence-corrected chi connectivity index (χ0v) is 12.7. The van der Waals surface area contributed by atoms with Crippen LogP contribution in [0.2, 0.25) is 0 Å². The molecule has 0 N–H and O–H groups in total. The van der Waals surface area contributed by atoms with Gasteiger partial charge < -0.3 is 0 Å². The summed E-state index contributed by atoms with van der Waals surface area (Å²) in [6, 6.07) is 4.86. The summed E-state index contributed by atoms with van der Waals surface area (Å²) in [4.78, 5) is 22.9. The highest BCUT2D eigenvalue weighted by molar-refractivity contribution is 5.96. The number of ketones is 1. The van der Waals surface area contributed by atoms with Crippen LogP contribution in [0.4, 0.5) is 5.69 Å². The SMILES string of the molecule is C#CCCC(=O)c1ccc(CC2CCCCC2)c([N+](=O)[O-])c1. The second-order valence-electron chi connectivity index (χ2n) is 5.94. The first kappa shape index (κ1) is 16.2. The highest BCUT2D eigenvalue weighted by Crippen LogP contribution is 2.30. The number of Topliss-reactive ketones (excluding diaryl/α,β-unsaturated/α-hetero) is 1. The van der Waals surface area contributed by atoms with Crippen LogP contribution >= 0.6 is 0 Å². The first-order chi connectivity index (χ1) is 10.6. The number of nitrogens with zero attached hydrogens (tertiary/aromatic N) is 1. The van der Waals surface area contributed by atoms with E-state index in [2.05, 4.69) is 5.92 Å². The zero-order chi connectivity index (χ0) is 15.9. The van der Waals surface area contributed by atoms with E-state index >= 15 is 0 Å². The quantitative estimate of drug-likeness (QED) is 0.340. The van der Waals surface area contributed by atoms with Crippen LogP contribution in [0.1, 0.15) is 60.9 Å². The lowest BCUT2D eigenvalue weighted by Gasteiger charge is -2.21. The molecule has 1 aliphatic carbocycles. The van der Waals surface area contributed by atoms with Gasteiger partial charge in [-0.25, -0.2) is 0 Å². The Bertz CT molecular complexity index is 595. The fourth-order valence-electron chi connectivity index (χ4n) is 3.11. The normalized spacial score (nSPS) is 15.2. The minimum atomic E-state index is -0.379. The number of nitro benzene ring substituents is 1. The van der Waals surface area contributed by atoms with Crippen molar-refractivity contribution in [1.29, 1.82) is 0 Å². The molecule has 0 radical (unpaired) electrons. The van der Waals surface area contributed by atoms with Crippen LogP contribution in [0, 0.1) is 28.4 Å². The molecule has 0 aromatic heterocycles. The number of carbonyl (C=O) groups is 1. The molecule has 4 nitrogen and oxygen atoms in total. The van der Waals surface area contributed by atoms with Crippen LogP contribution in [0.15, 0.2) is 18.2 Å². The third kappa shape index (κ3) is 4.17. The molecule has 1 aromatic carbocycles. The van der Waals surface area contributed by atoms with Gasteiger partial charge in [0, 0.05) is 30.0 Å². The second-order valence-corrected chi connectivity index (χ2v) is 5.94. The van der Waals surface area contributed by atoms with Gasteiger partial charge in [0.05, 0.1) is 4.92 Å². The second kappa shape index (κ2) is 7.74. The molecule has 0 bridgehead atoms. The van der Waals surface area contributed by atoms with Crippen molar-refractivity contribution in [3.05, 3.63) is 39.4 Å². The number of carbonyl (C=O) groups excluding carboxylic acids is 1. The van der Waals surface area contributed by atoms with Crippen molar-refractivity contribution in [3.63, 3.8) is 0 Å². The van der Waals surface area contributed by atoms with Gasteiger partial charge in [0.25, 0.3) is 5.69 Å². The van der Waals surface area contributed by atoms with E-state index in [0.717, 1.165) is 24.8 Å². The molecule has 0 atom stereocenters. The molecule has 116 valence electrons. The molecule has 0 spiro atoms. The highest BCUT2D eigenvalue weighted by atomic mass is 16.6. The van der Waals surface area contributed by atoms with Crippen LogP contribution in [-0.2, 0) is 6.42 Å². The van der Waals surface area contributed by atoms with Crippen molar-refractivity contribution in [3.8, 4) is 12.3 Å². The molecule has 1 aliphatic rings. The van der Waals surface area contributed by atoms with E-state index in [9.17, 15) is 14.9 Å². The van der Waals surface area contributed by atoms with Crippen molar-refractivity contribution >= 4 is 11.5 Å². The summed E-state index contributed by atoms with van der Waals surface area (Å²) < 4.78 is 0. The van der Waals surface area contributed by atoms with Gasteiger partial charge in [0.15, 0.2) is 5.78 Å². The van der Waals surface area contributed by atoms with Crippen molar-refractivity contribution in [1.82, 2.24) is 0 Å². The smallest absolute Gasteiger partial charge is 0.273 e. The van der Waals surface area contributed by atoms with E-state index < -0.39 is 0 Å². The molecular formula is C18H21NO3. The molecular weight excluding hydrogens is 278 g/mol. The van der Waals surface area contributed by atoms with Crippen molar-refractivity contribution in [2.75, 3.05) is 0 Å². The molecule has 4 heteroatoms. The Balaban J connectivity index is 2.18. The molecule has 1 saturated carbocycles. The van der Waals surface area contributed by atoms with Crippen molar-refractivity contribution in [2.45, 2.75) is 51.4 Å². The Kier molecular flexibility index (Phi) is 5.71. The monoisotopic (exact) mass is 299 g/mol. The van der Waals surface area contributed by atoms with Crippen molar-refractivity contribution in [2.24, 2.45) is 5.92 Å². The van der Waals surface area contributed by atoms with Gasteiger partial charge in [0.2, 0.25) is 0 Å². The predicted molar refractivity (Wildman–Crippen MR) is 85.8 cm³/mol. The third-order valence-electron chi connectivity index (χ3n) is 4.33. The molecule has 1 aromatic rings. The van der Waals surface area contributed by atoms with Gasteiger partial charge in [-0.05, 0) is 12.3 Å². The van der Waals surface area contributed by atoms with Gasteiger partial charge in [-0.1, -0.05) is 44.2 Å². The van der Waals surface area contributed by atoms with E-state index in [-0.39, 0.29) is 22.8 Å². The molecule has 0 saturated heterocycles. The van der Waals surface area contributed by atoms with E-state index in [1.807, 2.05) is 0 Å². The summed E-state index contributed by atoms with van der Waals surface area (Å²) in [6.07, 6.45) is 12.4. The van der Waals surface area contributed by atoms with E-state index in [1.54, 1.807) is 12.1 Å². The summed E-state index contributed by atoms with van der Waals surface area (Å²) in [7, 11) is 0. The van der Waals surface area contributed by atoms with E-state index in [4.69, 9.17) is 6.42 Å². The number of rotatable bonds is 6. The first-order valence-electron chi connectivity index (χ1n) is 7.85. The van der Waals surface area contributed by atoms with Crippen LogP contribution < -0.4 is 0 Å². The predicted octanol–water partition coefficient (Wildman–Crippen LogP) is 4.31. The maximum atomic E-state index is 12.0. The third-order valence-corrected chi connectivity index (χ3v) is 4.33. The molecule has 2 rings (SSSR count). The standard InChI is InChI=1S/C18H21NO3/c1-2-3-9-18(20)16-11-10-15(17(13-16)19(21)22)12-14-7-5-4-6-8-14/h1,10-11,13-14H,3-9,12H2. The number of hydrogen-bond donors (Lipinski definition) is 0. The van der Waals surface area contributed by atoms with Gasteiger partial charge in [0.1, 0.15) is 0 Å². The van der Waals surface area contributed by atoms with Crippen LogP contribution in [0.3, 0.4) is 0 Å². The lowest BCUT2D eigenvalue weighted by Crippen LogP contribution is -2.11. The molecule has 1 fully saturated rings. The fourth-order valence-corrected chi connectivity index (χ4v) is 3.11. The van der Waals surface area contributed by atoms with Gasteiger partial charge in [-0.15, -0.1) is 12.3 Å². The lowest BCUT2D eigenvalue weighted by atomic mass is 9.84. The average Bonchev–Trinajstić information content (AvgIpc) is 2.53. The van der Waals surface area contributed by atoms with Crippen LogP contribution in [0.25, 0.3) is 0 Å². The summed E-state index contributed by atoms with van der Waals surface area (Å²) in [5, 5.41) is 11.3. The Morgan fingerprint density at radius 3 is 2.68 bits per heavy atom. The summed E-state index contributed by atoms with van der Waals surface area (Å²) in [5.74, 6) is 2.81. The first-order valence-corrected chi connectivity index (χ1v) is 7.85. The average molecular weight is 299 g/mol. The fraction of sp³-hybridized carbons (Fsp3) is 0.500. The van der Waals surface area contributed by atoms with E-state index in [1.165, 1.54) is 25.3 Å². The van der Waals surface area contributed by atoms with Crippen molar-refractivity contribution < 1.29 is 9.72 Å². The zero-order valence-electron chi connectivity index (χ0n) is 12.7. The number of nitro groups is 1. The van der Waals surface area contributed by atoms with Crippen LogP contribution in [0.5, 0.6) is 0 Å². The maximum absolute atomic E-state index is 12.0. The number of hydrogen-bond acceptors (Lipinski definition) is 3. The molecule has 0 heterocycles. The Labute approximate surface area is 131 Å². The Morgan fingerprint density at radius 2 is 2.05 bits per heavy atom. The molecule has 0 aliphatic heterocycles. The molecule has 22 heavy (non-hydrogen) atoms. The number of terminal acetylenes is 1. The minimum absolute atomic E-state index is 0.0668. The van der Waals surface area contributed by atoms with Crippen LogP contribution in [-0.4, -0.2) is 10.7 Å². The van der Waals surface area contributed by atoms with Gasteiger partial charge >= 0.3 is 0 Å². The summed E-state index contributed by atoms with van der Waals surface area (Å²) in [6.45, 7) is 0. The molecule has 0 amide bonds. The Morgan fingerprint density at radius 1 is 1.32 bits per heavy atom. The topological polar surface area (TPSA) is 60.2 Å². The summed E-state index contributed by atoms with van der Waals surface area (Å²) in [5.41, 5.74) is 1.19.